The van der Waals surface area contributed by atoms with Gasteiger partial charge in [0, 0.05) is 0 Å². The Balaban J connectivity index is 2.64. The molecule has 0 bridgehead atoms. The summed E-state index contributed by atoms with van der Waals surface area (Å²) in [6, 6.07) is 6.46. The minimum Gasteiger partial charge on any atom is -0.463 e. The van der Waals surface area contributed by atoms with Gasteiger partial charge >= 0.3 is 7.12 Å². The van der Waals surface area contributed by atoms with Crippen LogP contribution in [0.15, 0.2) is 24.3 Å². The van der Waals surface area contributed by atoms with Crippen molar-refractivity contribution in [3.63, 3.8) is 0 Å². The molecule has 0 aliphatic heterocycles. The molecule has 0 aliphatic rings. The molecule has 0 aromatic heterocycles. The van der Waals surface area contributed by atoms with Crippen LogP contribution in [0.25, 0.3) is 0 Å². The van der Waals surface area contributed by atoms with Crippen molar-refractivity contribution in [1.29, 1.82) is 0 Å². The van der Waals surface area contributed by atoms with E-state index in [-0.39, 0.29) is 6.61 Å². The third-order valence-electron chi connectivity index (χ3n) is 1.60. The van der Waals surface area contributed by atoms with E-state index in [0.29, 0.717) is 11.9 Å². The maximum Gasteiger partial charge on any atom is 0.488 e. The summed E-state index contributed by atoms with van der Waals surface area (Å²) in [6.07, 6.45) is 0. The van der Waals surface area contributed by atoms with Crippen LogP contribution in [0.3, 0.4) is 0 Å². The van der Waals surface area contributed by atoms with Crippen molar-refractivity contribution in [3.8, 4) is 0 Å². The molecule has 0 saturated heterocycles. The van der Waals surface area contributed by atoms with E-state index >= 15 is 0 Å². The van der Waals surface area contributed by atoms with Gasteiger partial charge in [-0.2, -0.15) is 0 Å². The smallest absolute Gasteiger partial charge is 0.463 e. The molecule has 0 atom stereocenters. The van der Waals surface area contributed by atoms with Crippen molar-refractivity contribution >= 4 is 19.1 Å². The number of carbonyl (C=O) groups is 1. The Bertz CT molecular complexity index is 270. The molecule has 4 nitrogen and oxygen atoms in total. The average Bonchev–Trinajstić information content (AvgIpc) is 2.15. The van der Waals surface area contributed by atoms with E-state index in [4.69, 9.17) is 10.0 Å². The Hall–Kier alpha value is -1.33. The quantitative estimate of drug-likeness (QED) is 0.462. The Morgan fingerprint density at radius 3 is 2.38 bits per heavy atom. The molecule has 68 valence electrons. The second kappa shape index (κ2) is 4.64. The molecule has 0 fully saturated rings. The van der Waals surface area contributed by atoms with Gasteiger partial charge in [-0.3, -0.25) is 4.79 Å². The molecule has 1 aromatic carbocycles. The number of carbonyl (C=O) groups excluding carboxylic acids is 1. The largest absolute Gasteiger partial charge is 0.488 e. The van der Waals surface area contributed by atoms with Gasteiger partial charge in [-0.05, 0) is 11.0 Å². The fourth-order valence-electron chi connectivity index (χ4n) is 0.916. The summed E-state index contributed by atoms with van der Waals surface area (Å²) in [5.41, 5.74) is 1.21. The standard InChI is InChI=1S/C8H9BO4/c10-6-13-5-7-1-3-8(4-2-7)9(11)12/h1-4,6,11-12H,5H2. The van der Waals surface area contributed by atoms with Crippen LogP contribution in [0.1, 0.15) is 5.56 Å². The van der Waals surface area contributed by atoms with Crippen LogP contribution in [0, 0.1) is 0 Å². The summed E-state index contributed by atoms with van der Waals surface area (Å²) in [7, 11) is -1.46. The second-order valence-corrected chi connectivity index (χ2v) is 2.52. The van der Waals surface area contributed by atoms with Crippen LogP contribution in [0.4, 0.5) is 0 Å². The van der Waals surface area contributed by atoms with Crippen LogP contribution in [-0.2, 0) is 16.1 Å². The highest BCUT2D eigenvalue weighted by molar-refractivity contribution is 6.58. The highest BCUT2D eigenvalue weighted by Crippen LogP contribution is 1.98. The van der Waals surface area contributed by atoms with Crippen LogP contribution in [0.2, 0.25) is 0 Å². The van der Waals surface area contributed by atoms with Crippen LogP contribution >= 0.6 is 0 Å². The van der Waals surface area contributed by atoms with Gasteiger partial charge in [0.2, 0.25) is 0 Å². The molecular weight excluding hydrogens is 171 g/mol. The zero-order valence-electron chi connectivity index (χ0n) is 6.88. The molecule has 0 amide bonds. The Kier molecular flexibility index (Phi) is 3.48. The summed E-state index contributed by atoms with van der Waals surface area (Å²) in [5.74, 6) is 0. The van der Waals surface area contributed by atoms with Crippen molar-refractivity contribution < 1.29 is 19.6 Å². The molecule has 0 heterocycles. The summed E-state index contributed by atoms with van der Waals surface area (Å²) in [5, 5.41) is 17.5. The van der Waals surface area contributed by atoms with Gasteiger partial charge in [-0.1, -0.05) is 24.3 Å². The maximum atomic E-state index is 9.85. The first kappa shape index (κ1) is 9.76. The topological polar surface area (TPSA) is 66.8 Å². The fourth-order valence-corrected chi connectivity index (χ4v) is 0.916. The predicted octanol–water partition coefficient (Wildman–Crippen LogP) is -0.961. The van der Waals surface area contributed by atoms with E-state index in [1.165, 1.54) is 0 Å². The Morgan fingerprint density at radius 1 is 1.31 bits per heavy atom. The number of ether oxygens (including phenoxy) is 1. The van der Waals surface area contributed by atoms with Crippen molar-refractivity contribution in [2.75, 3.05) is 0 Å². The normalized spacial score (nSPS) is 9.38. The molecule has 2 N–H and O–H groups in total. The molecule has 0 unspecified atom stereocenters. The van der Waals surface area contributed by atoms with E-state index in [2.05, 4.69) is 4.74 Å². The summed E-state index contributed by atoms with van der Waals surface area (Å²) in [4.78, 5) is 9.85. The zero-order chi connectivity index (χ0) is 9.68. The van der Waals surface area contributed by atoms with Gasteiger partial charge in [0.05, 0.1) is 0 Å². The molecule has 13 heavy (non-hydrogen) atoms. The van der Waals surface area contributed by atoms with Gasteiger partial charge in [-0.25, -0.2) is 0 Å². The number of hydrogen-bond donors (Lipinski definition) is 2. The SMILES string of the molecule is O=COCc1ccc(B(O)O)cc1. The van der Waals surface area contributed by atoms with E-state index in [0.717, 1.165) is 5.56 Å². The fraction of sp³-hybridized carbons (Fsp3) is 0.125. The Labute approximate surface area is 75.9 Å². The van der Waals surface area contributed by atoms with Gasteiger partial charge in [0.15, 0.2) is 0 Å². The minimum atomic E-state index is -1.46. The zero-order valence-corrected chi connectivity index (χ0v) is 6.88. The number of rotatable bonds is 4. The first-order valence-electron chi connectivity index (χ1n) is 3.74. The minimum absolute atomic E-state index is 0.200. The van der Waals surface area contributed by atoms with E-state index in [1.807, 2.05) is 0 Å². The van der Waals surface area contributed by atoms with Crippen molar-refractivity contribution in [2.45, 2.75) is 6.61 Å². The predicted molar refractivity (Wildman–Crippen MR) is 47.1 cm³/mol. The first-order chi connectivity index (χ1) is 6.24. The van der Waals surface area contributed by atoms with Gasteiger partial charge in [0.25, 0.3) is 6.47 Å². The molecule has 0 saturated carbocycles. The lowest BCUT2D eigenvalue weighted by molar-refractivity contribution is -0.129. The van der Waals surface area contributed by atoms with Crippen molar-refractivity contribution in [2.24, 2.45) is 0 Å². The van der Waals surface area contributed by atoms with Gasteiger partial charge in [0.1, 0.15) is 6.61 Å². The van der Waals surface area contributed by atoms with Gasteiger partial charge in [-0.15, -0.1) is 0 Å². The third kappa shape index (κ3) is 2.89. The molecule has 0 spiro atoms. The van der Waals surface area contributed by atoms with Crippen LogP contribution < -0.4 is 5.46 Å². The lowest BCUT2D eigenvalue weighted by Gasteiger charge is -2.01. The summed E-state index contributed by atoms with van der Waals surface area (Å²) in [6.45, 7) is 0.570. The molecule has 1 aromatic rings. The third-order valence-corrected chi connectivity index (χ3v) is 1.60. The van der Waals surface area contributed by atoms with E-state index < -0.39 is 7.12 Å². The summed E-state index contributed by atoms with van der Waals surface area (Å²) < 4.78 is 4.51. The number of benzene rings is 1. The van der Waals surface area contributed by atoms with Crippen LogP contribution in [0.5, 0.6) is 0 Å². The molecule has 0 aliphatic carbocycles. The van der Waals surface area contributed by atoms with E-state index in [1.54, 1.807) is 24.3 Å². The second-order valence-electron chi connectivity index (χ2n) is 2.52. The lowest BCUT2D eigenvalue weighted by Crippen LogP contribution is -2.29. The number of hydrogen-bond acceptors (Lipinski definition) is 4. The monoisotopic (exact) mass is 180 g/mol. The van der Waals surface area contributed by atoms with Crippen LogP contribution in [-0.4, -0.2) is 23.6 Å². The molecule has 1 rings (SSSR count). The molecule has 0 radical (unpaired) electrons. The Morgan fingerprint density at radius 2 is 1.92 bits per heavy atom. The first-order valence-corrected chi connectivity index (χ1v) is 3.74. The maximum absolute atomic E-state index is 9.85. The van der Waals surface area contributed by atoms with Crippen molar-refractivity contribution in [3.05, 3.63) is 29.8 Å². The highest BCUT2D eigenvalue weighted by Gasteiger charge is 2.09. The molecular formula is C8H9BO4. The van der Waals surface area contributed by atoms with Crippen molar-refractivity contribution in [1.82, 2.24) is 0 Å². The van der Waals surface area contributed by atoms with E-state index in [9.17, 15) is 4.79 Å². The van der Waals surface area contributed by atoms with Gasteiger partial charge < -0.3 is 14.8 Å². The highest BCUT2D eigenvalue weighted by atomic mass is 16.5. The average molecular weight is 180 g/mol. The molecule has 5 heteroatoms. The lowest BCUT2D eigenvalue weighted by atomic mass is 9.80. The summed E-state index contributed by atoms with van der Waals surface area (Å²) >= 11 is 0.